The molecule has 2 aromatic rings. The molecule has 0 saturated carbocycles. The summed E-state index contributed by atoms with van der Waals surface area (Å²) in [6, 6.07) is 15.2. The maximum absolute atomic E-state index is 12.8. The van der Waals surface area contributed by atoms with E-state index in [0.29, 0.717) is 11.5 Å². The zero-order valence-corrected chi connectivity index (χ0v) is 18.0. The fraction of sp³-hybridized carbons (Fsp3) is 0.417. The van der Waals surface area contributed by atoms with Crippen molar-refractivity contribution in [2.75, 3.05) is 30.3 Å². The highest BCUT2D eigenvalue weighted by molar-refractivity contribution is 5.96. The standard InChI is InChI=1S/C24H33N3O2/c1-5-14-27(15-6-2)24(29)19-10-9-11-20(16-19)25-17-23(28)26-22-13-8-7-12-21(22)18(3)4/h7-13,16,18,25H,5-6,14-15,17H2,1-4H3,(H,26,28). The zero-order chi connectivity index (χ0) is 21.2. The van der Waals surface area contributed by atoms with E-state index in [1.54, 1.807) is 0 Å². The van der Waals surface area contributed by atoms with Gasteiger partial charge in [0.2, 0.25) is 5.91 Å². The van der Waals surface area contributed by atoms with Crippen LogP contribution in [-0.2, 0) is 4.79 Å². The number of carbonyl (C=O) groups is 2. The Balaban J connectivity index is 2.00. The van der Waals surface area contributed by atoms with Gasteiger partial charge in [0.15, 0.2) is 0 Å². The van der Waals surface area contributed by atoms with Crippen molar-refractivity contribution in [2.45, 2.75) is 46.5 Å². The highest BCUT2D eigenvalue weighted by atomic mass is 16.2. The number of carbonyl (C=O) groups excluding carboxylic acids is 2. The first kappa shape index (κ1) is 22.5. The van der Waals surface area contributed by atoms with Crippen molar-refractivity contribution in [1.82, 2.24) is 4.90 Å². The van der Waals surface area contributed by atoms with Crippen LogP contribution >= 0.6 is 0 Å². The number of para-hydroxylation sites is 1. The van der Waals surface area contributed by atoms with Gasteiger partial charge in [0.25, 0.3) is 5.91 Å². The molecule has 29 heavy (non-hydrogen) atoms. The number of hydrogen-bond donors (Lipinski definition) is 2. The summed E-state index contributed by atoms with van der Waals surface area (Å²) < 4.78 is 0. The Bertz CT molecular complexity index is 811. The molecule has 5 nitrogen and oxygen atoms in total. The minimum atomic E-state index is -0.117. The molecule has 0 heterocycles. The Morgan fingerprint density at radius 3 is 2.31 bits per heavy atom. The van der Waals surface area contributed by atoms with Crippen LogP contribution in [0.15, 0.2) is 48.5 Å². The molecule has 0 bridgehead atoms. The molecule has 0 radical (unpaired) electrons. The van der Waals surface area contributed by atoms with Gasteiger partial charge in [-0.3, -0.25) is 9.59 Å². The molecule has 0 atom stereocenters. The molecule has 0 fully saturated rings. The topological polar surface area (TPSA) is 61.4 Å². The number of amides is 2. The van der Waals surface area contributed by atoms with Gasteiger partial charge in [-0.2, -0.15) is 0 Å². The molecular weight excluding hydrogens is 362 g/mol. The van der Waals surface area contributed by atoms with E-state index in [4.69, 9.17) is 0 Å². The van der Waals surface area contributed by atoms with Crippen molar-refractivity contribution in [1.29, 1.82) is 0 Å². The first-order valence-electron chi connectivity index (χ1n) is 10.5. The molecule has 2 rings (SSSR count). The fourth-order valence-corrected chi connectivity index (χ4v) is 3.29. The minimum Gasteiger partial charge on any atom is -0.376 e. The molecular formula is C24H33N3O2. The summed E-state index contributed by atoms with van der Waals surface area (Å²) in [6.07, 6.45) is 1.86. The van der Waals surface area contributed by atoms with E-state index >= 15 is 0 Å². The SMILES string of the molecule is CCCN(CCC)C(=O)c1cccc(NCC(=O)Nc2ccccc2C(C)C)c1. The van der Waals surface area contributed by atoms with E-state index in [1.165, 1.54) is 0 Å². The van der Waals surface area contributed by atoms with E-state index in [-0.39, 0.29) is 18.4 Å². The zero-order valence-electron chi connectivity index (χ0n) is 18.0. The first-order valence-corrected chi connectivity index (χ1v) is 10.5. The summed E-state index contributed by atoms with van der Waals surface area (Å²) in [5, 5.41) is 6.10. The molecule has 2 N–H and O–H groups in total. The summed E-state index contributed by atoms with van der Waals surface area (Å²) in [5.74, 6) is 0.248. The second-order valence-electron chi connectivity index (χ2n) is 7.52. The number of rotatable bonds is 10. The van der Waals surface area contributed by atoms with Gasteiger partial charge in [0.05, 0.1) is 6.54 Å². The third kappa shape index (κ3) is 6.63. The third-order valence-corrected chi connectivity index (χ3v) is 4.69. The third-order valence-electron chi connectivity index (χ3n) is 4.69. The van der Waals surface area contributed by atoms with Gasteiger partial charge in [0.1, 0.15) is 0 Å². The summed E-state index contributed by atoms with van der Waals surface area (Å²) in [6.45, 7) is 9.99. The number of hydrogen-bond acceptors (Lipinski definition) is 3. The van der Waals surface area contributed by atoms with E-state index in [9.17, 15) is 9.59 Å². The maximum Gasteiger partial charge on any atom is 0.253 e. The second kappa shape index (κ2) is 11.2. The molecule has 0 aromatic heterocycles. The van der Waals surface area contributed by atoms with Crippen molar-refractivity contribution in [3.05, 3.63) is 59.7 Å². The van der Waals surface area contributed by atoms with Gasteiger partial charge < -0.3 is 15.5 Å². The molecule has 0 aliphatic rings. The van der Waals surface area contributed by atoms with Gasteiger partial charge in [-0.1, -0.05) is 52.0 Å². The molecule has 0 unspecified atom stereocenters. The first-order chi connectivity index (χ1) is 14.0. The predicted molar refractivity (Wildman–Crippen MR) is 121 cm³/mol. The van der Waals surface area contributed by atoms with Crippen LogP contribution in [-0.4, -0.2) is 36.3 Å². The fourth-order valence-electron chi connectivity index (χ4n) is 3.29. The number of benzene rings is 2. The quantitative estimate of drug-likeness (QED) is 0.587. The molecule has 2 amide bonds. The molecule has 0 aliphatic heterocycles. The van der Waals surface area contributed by atoms with Crippen molar-refractivity contribution in [3.8, 4) is 0 Å². The average molecular weight is 396 g/mol. The van der Waals surface area contributed by atoms with E-state index in [0.717, 1.165) is 42.9 Å². The van der Waals surface area contributed by atoms with E-state index in [1.807, 2.05) is 53.4 Å². The lowest BCUT2D eigenvalue weighted by Crippen LogP contribution is -2.32. The summed E-state index contributed by atoms with van der Waals surface area (Å²) >= 11 is 0. The van der Waals surface area contributed by atoms with Gasteiger partial charge in [-0.15, -0.1) is 0 Å². The van der Waals surface area contributed by atoms with Crippen LogP contribution in [0.1, 0.15) is 62.4 Å². The van der Waals surface area contributed by atoms with E-state index in [2.05, 4.69) is 38.3 Å². The minimum absolute atomic E-state index is 0.0349. The summed E-state index contributed by atoms with van der Waals surface area (Å²) in [4.78, 5) is 27.1. The molecule has 0 aliphatic carbocycles. The van der Waals surface area contributed by atoms with Crippen LogP contribution in [0.4, 0.5) is 11.4 Å². The van der Waals surface area contributed by atoms with Crippen LogP contribution in [0.2, 0.25) is 0 Å². The summed E-state index contributed by atoms with van der Waals surface area (Å²) in [7, 11) is 0. The molecule has 0 spiro atoms. The molecule has 0 saturated heterocycles. The monoisotopic (exact) mass is 395 g/mol. The highest BCUT2D eigenvalue weighted by Gasteiger charge is 2.15. The number of nitrogens with zero attached hydrogens (tertiary/aromatic N) is 1. The molecule has 5 heteroatoms. The van der Waals surface area contributed by atoms with Crippen molar-refractivity contribution < 1.29 is 9.59 Å². The predicted octanol–water partition coefficient (Wildman–Crippen LogP) is 5.12. The van der Waals surface area contributed by atoms with Gasteiger partial charge in [-0.25, -0.2) is 0 Å². The Labute approximate surface area is 174 Å². The maximum atomic E-state index is 12.8. The second-order valence-corrected chi connectivity index (χ2v) is 7.52. The average Bonchev–Trinajstić information content (AvgIpc) is 2.72. The normalized spacial score (nSPS) is 10.7. The Kier molecular flexibility index (Phi) is 8.71. The van der Waals surface area contributed by atoms with E-state index < -0.39 is 0 Å². The van der Waals surface area contributed by atoms with Crippen LogP contribution in [0, 0.1) is 0 Å². The van der Waals surface area contributed by atoms with Crippen LogP contribution in [0.3, 0.4) is 0 Å². The van der Waals surface area contributed by atoms with Crippen molar-refractivity contribution in [3.63, 3.8) is 0 Å². The lowest BCUT2D eigenvalue weighted by Gasteiger charge is -2.21. The van der Waals surface area contributed by atoms with Gasteiger partial charge in [-0.05, 0) is 48.6 Å². The van der Waals surface area contributed by atoms with Crippen molar-refractivity contribution in [2.24, 2.45) is 0 Å². The van der Waals surface area contributed by atoms with Gasteiger partial charge in [0, 0.05) is 30.0 Å². The Morgan fingerprint density at radius 1 is 0.966 bits per heavy atom. The van der Waals surface area contributed by atoms with Crippen LogP contribution in [0.5, 0.6) is 0 Å². The Morgan fingerprint density at radius 2 is 1.66 bits per heavy atom. The molecule has 2 aromatic carbocycles. The Hall–Kier alpha value is -2.82. The summed E-state index contributed by atoms with van der Waals surface area (Å²) in [5.41, 5.74) is 3.35. The largest absolute Gasteiger partial charge is 0.376 e. The van der Waals surface area contributed by atoms with Crippen LogP contribution < -0.4 is 10.6 Å². The number of nitrogens with one attached hydrogen (secondary N) is 2. The lowest BCUT2D eigenvalue weighted by molar-refractivity contribution is -0.114. The highest BCUT2D eigenvalue weighted by Crippen LogP contribution is 2.23. The number of anilines is 2. The van der Waals surface area contributed by atoms with Gasteiger partial charge >= 0.3 is 0 Å². The van der Waals surface area contributed by atoms with Crippen LogP contribution in [0.25, 0.3) is 0 Å². The molecule has 156 valence electrons. The van der Waals surface area contributed by atoms with Crippen molar-refractivity contribution >= 4 is 23.2 Å². The smallest absolute Gasteiger partial charge is 0.253 e. The lowest BCUT2D eigenvalue weighted by atomic mass is 10.0.